The molecule has 2 aromatic heterocycles. The highest BCUT2D eigenvalue weighted by Crippen LogP contribution is 2.47. The minimum Gasteiger partial charge on any atom is -0.494 e. The molecule has 29 heavy (non-hydrogen) atoms. The standard InChI is InChI=1S/C21H20N4O4/c1-3-26-12-7-8-13(16(10-12)27-4-2)19-18-17(15-6-5-9-28-15)14(11-22)20(23)29-21(18)25-24-19/h5-10,17H,3-4,23H2,1-2H3,(H,24,25)/t17-/m0/s1. The molecule has 1 aliphatic heterocycles. The first-order chi connectivity index (χ1) is 14.2. The third-order valence-electron chi connectivity index (χ3n) is 4.60. The van der Waals surface area contributed by atoms with Crippen LogP contribution in [-0.4, -0.2) is 23.4 Å². The van der Waals surface area contributed by atoms with Crippen molar-refractivity contribution in [3.8, 4) is 34.7 Å². The lowest BCUT2D eigenvalue weighted by Gasteiger charge is -2.22. The number of rotatable bonds is 6. The fraction of sp³-hybridized carbons (Fsp3) is 0.238. The molecule has 1 aliphatic rings. The number of furan rings is 1. The minimum absolute atomic E-state index is 0.0103. The average molecular weight is 392 g/mol. The smallest absolute Gasteiger partial charge is 0.244 e. The van der Waals surface area contributed by atoms with E-state index < -0.39 is 5.92 Å². The monoisotopic (exact) mass is 392 g/mol. The highest BCUT2D eigenvalue weighted by atomic mass is 16.5. The first-order valence-corrected chi connectivity index (χ1v) is 9.27. The van der Waals surface area contributed by atoms with Crippen molar-refractivity contribution in [2.45, 2.75) is 19.8 Å². The van der Waals surface area contributed by atoms with Gasteiger partial charge < -0.3 is 24.4 Å². The van der Waals surface area contributed by atoms with E-state index in [1.165, 1.54) is 0 Å². The average Bonchev–Trinajstić information content (AvgIpc) is 3.38. The number of hydrogen-bond donors (Lipinski definition) is 2. The number of nitrogens with two attached hydrogens (primary N) is 1. The summed E-state index contributed by atoms with van der Waals surface area (Å²) < 4.78 is 22.7. The van der Waals surface area contributed by atoms with Crippen molar-refractivity contribution in [1.82, 2.24) is 10.2 Å². The summed E-state index contributed by atoms with van der Waals surface area (Å²) in [6, 6.07) is 11.3. The SMILES string of the molecule is CCOc1ccc(-c2[nH]nc3c2[C@H](c2ccco2)C(C#N)=C(N)O3)c(OCC)c1. The van der Waals surface area contributed by atoms with Gasteiger partial charge in [-0.25, -0.2) is 0 Å². The molecule has 3 aromatic rings. The van der Waals surface area contributed by atoms with E-state index >= 15 is 0 Å². The summed E-state index contributed by atoms with van der Waals surface area (Å²) in [4.78, 5) is 0. The zero-order valence-corrected chi connectivity index (χ0v) is 16.1. The number of aromatic amines is 1. The van der Waals surface area contributed by atoms with Gasteiger partial charge in [-0.3, -0.25) is 5.10 Å². The van der Waals surface area contributed by atoms with Crippen LogP contribution in [0.3, 0.4) is 0 Å². The Kier molecular flexibility index (Phi) is 4.87. The number of nitrogens with zero attached hydrogens (tertiary/aromatic N) is 2. The van der Waals surface area contributed by atoms with Crippen LogP contribution in [-0.2, 0) is 0 Å². The molecule has 1 atom stereocenters. The molecular formula is C21H20N4O4. The van der Waals surface area contributed by atoms with Crippen LogP contribution < -0.4 is 19.9 Å². The number of nitrogens with one attached hydrogen (secondary N) is 1. The quantitative estimate of drug-likeness (QED) is 0.656. The Balaban J connectivity index is 1.90. The summed E-state index contributed by atoms with van der Waals surface area (Å²) in [6.45, 7) is 4.86. The van der Waals surface area contributed by atoms with Crippen LogP contribution in [0.1, 0.15) is 31.1 Å². The van der Waals surface area contributed by atoms with Gasteiger partial charge in [-0.2, -0.15) is 5.26 Å². The van der Waals surface area contributed by atoms with E-state index in [-0.39, 0.29) is 11.5 Å². The number of aromatic nitrogens is 2. The van der Waals surface area contributed by atoms with Crippen LogP contribution >= 0.6 is 0 Å². The van der Waals surface area contributed by atoms with E-state index in [0.29, 0.717) is 47.6 Å². The van der Waals surface area contributed by atoms with Crippen molar-refractivity contribution >= 4 is 0 Å². The largest absolute Gasteiger partial charge is 0.494 e. The summed E-state index contributed by atoms with van der Waals surface area (Å²) in [5, 5.41) is 17.0. The Hall–Kier alpha value is -3.86. The third-order valence-corrected chi connectivity index (χ3v) is 4.60. The van der Waals surface area contributed by atoms with Gasteiger partial charge in [0, 0.05) is 11.6 Å². The molecule has 3 heterocycles. The second-order valence-electron chi connectivity index (χ2n) is 6.28. The first kappa shape index (κ1) is 18.5. The van der Waals surface area contributed by atoms with E-state index in [0.717, 1.165) is 5.56 Å². The summed E-state index contributed by atoms with van der Waals surface area (Å²) in [5.74, 6) is 1.66. The van der Waals surface area contributed by atoms with Crippen LogP contribution in [0, 0.1) is 11.3 Å². The minimum atomic E-state index is -0.548. The van der Waals surface area contributed by atoms with Crippen molar-refractivity contribution in [2.75, 3.05) is 13.2 Å². The molecule has 0 radical (unpaired) electrons. The molecule has 0 amide bonds. The maximum absolute atomic E-state index is 9.71. The van der Waals surface area contributed by atoms with E-state index in [2.05, 4.69) is 16.3 Å². The van der Waals surface area contributed by atoms with Gasteiger partial charge in [-0.05, 0) is 38.1 Å². The zero-order valence-electron chi connectivity index (χ0n) is 16.1. The molecule has 4 rings (SSSR count). The van der Waals surface area contributed by atoms with Crippen molar-refractivity contribution in [3.05, 3.63) is 59.4 Å². The molecule has 8 nitrogen and oxygen atoms in total. The number of hydrogen-bond acceptors (Lipinski definition) is 7. The second-order valence-corrected chi connectivity index (χ2v) is 6.28. The lowest BCUT2D eigenvalue weighted by molar-refractivity contribution is 0.324. The number of nitriles is 1. The van der Waals surface area contributed by atoms with E-state index in [9.17, 15) is 5.26 Å². The van der Waals surface area contributed by atoms with Crippen LogP contribution in [0.4, 0.5) is 0 Å². The maximum Gasteiger partial charge on any atom is 0.244 e. The molecule has 0 saturated carbocycles. The van der Waals surface area contributed by atoms with E-state index in [1.54, 1.807) is 18.4 Å². The third kappa shape index (κ3) is 3.17. The molecular weight excluding hydrogens is 372 g/mol. The van der Waals surface area contributed by atoms with Crippen LogP contribution in [0.25, 0.3) is 11.3 Å². The van der Waals surface area contributed by atoms with Gasteiger partial charge in [-0.1, -0.05) is 0 Å². The second kappa shape index (κ2) is 7.64. The molecule has 0 saturated heterocycles. The maximum atomic E-state index is 9.71. The number of allylic oxidation sites excluding steroid dienone is 1. The molecule has 0 spiro atoms. The molecule has 0 fully saturated rings. The Morgan fingerprint density at radius 3 is 2.76 bits per heavy atom. The van der Waals surface area contributed by atoms with Gasteiger partial charge in [0.2, 0.25) is 11.8 Å². The van der Waals surface area contributed by atoms with Gasteiger partial charge >= 0.3 is 0 Å². The number of ether oxygens (including phenoxy) is 3. The first-order valence-electron chi connectivity index (χ1n) is 9.27. The van der Waals surface area contributed by atoms with Crippen molar-refractivity contribution < 1.29 is 18.6 Å². The van der Waals surface area contributed by atoms with Crippen LogP contribution in [0.2, 0.25) is 0 Å². The molecule has 0 aliphatic carbocycles. The molecule has 0 bridgehead atoms. The molecule has 1 aromatic carbocycles. The molecule has 148 valence electrons. The Labute approximate surface area is 167 Å². The fourth-order valence-electron chi connectivity index (χ4n) is 3.43. The Morgan fingerprint density at radius 2 is 2.07 bits per heavy atom. The number of benzene rings is 1. The van der Waals surface area contributed by atoms with Gasteiger partial charge in [-0.15, -0.1) is 5.10 Å². The molecule has 0 unspecified atom stereocenters. The highest BCUT2D eigenvalue weighted by Gasteiger charge is 2.37. The van der Waals surface area contributed by atoms with Gasteiger partial charge in [0.25, 0.3) is 0 Å². The zero-order chi connectivity index (χ0) is 20.4. The highest BCUT2D eigenvalue weighted by molar-refractivity contribution is 5.75. The predicted molar refractivity (Wildman–Crippen MR) is 104 cm³/mol. The van der Waals surface area contributed by atoms with Gasteiger partial charge in [0.15, 0.2) is 0 Å². The normalized spacial score (nSPS) is 15.4. The van der Waals surface area contributed by atoms with Gasteiger partial charge in [0.05, 0.1) is 36.7 Å². The number of fused-ring (bicyclic) bond motifs is 1. The lowest BCUT2D eigenvalue weighted by atomic mass is 9.86. The molecule has 8 heteroatoms. The Bertz CT molecular complexity index is 1090. The van der Waals surface area contributed by atoms with Crippen molar-refractivity contribution in [1.29, 1.82) is 5.26 Å². The summed E-state index contributed by atoms with van der Waals surface area (Å²) in [7, 11) is 0. The Morgan fingerprint density at radius 1 is 1.24 bits per heavy atom. The number of H-pyrrole nitrogens is 1. The van der Waals surface area contributed by atoms with Crippen molar-refractivity contribution in [2.24, 2.45) is 5.73 Å². The van der Waals surface area contributed by atoms with E-state index in [4.69, 9.17) is 24.4 Å². The topological polar surface area (TPSA) is 119 Å². The van der Waals surface area contributed by atoms with Crippen LogP contribution in [0.5, 0.6) is 17.4 Å². The van der Waals surface area contributed by atoms with Crippen LogP contribution in [0.15, 0.2) is 52.5 Å². The van der Waals surface area contributed by atoms with Gasteiger partial charge in [0.1, 0.15) is 28.9 Å². The van der Waals surface area contributed by atoms with E-state index in [1.807, 2.05) is 32.0 Å². The summed E-state index contributed by atoms with van der Waals surface area (Å²) in [6.07, 6.45) is 1.55. The predicted octanol–water partition coefficient (Wildman–Crippen LogP) is 3.69. The molecule has 3 N–H and O–H groups in total. The lowest BCUT2D eigenvalue weighted by Crippen LogP contribution is -2.20. The summed E-state index contributed by atoms with van der Waals surface area (Å²) in [5.41, 5.74) is 8.33. The van der Waals surface area contributed by atoms with Crippen molar-refractivity contribution in [3.63, 3.8) is 0 Å². The fourth-order valence-corrected chi connectivity index (χ4v) is 3.43. The summed E-state index contributed by atoms with van der Waals surface area (Å²) >= 11 is 0.